The molecular weight excluding hydrogens is 340 g/mol. The molecule has 104 valence electrons. The minimum absolute atomic E-state index is 0.544. The number of hydrogen-bond acceptors (Lipinski definition) is 4. The lowest BCUT2D eigenvalue weighted by Gasteiger charge is -2.11. The maximum atomic E-state index is 6.30. The zero-order chi connectivity index (χ0) is 13.9. The molecule has 2 N–H and O–H groups in total. The van der Waals surface area contributed by atoms with Gasteiger partial charge in [0.05, 0.1) is 11.4 Å². The summed E-state index contributed by atoms with van der Waals surface area (Å²) < 4.78 is 0.969. The number of hydrogen-bond donors (Lipinski definition) is 2. The fourth-order valence-corrected chi connectivity index (χ4v) is 2.91. The van der Waals surface area contributed by atoms with Gasteiger partial charge in [-0.3, -0.25) is 0 Å². The van der Waals surface area contributed by atoms with Crippen LogP contribution in [0.25, 0.3) is 0 Å². The molecule has 2 heterocycles. The van der Waals surface area contributed by atoms with E-state index in [1.807, 2.05) is 24.3 Å². The Bertz CT molecular complexity index is 633. The van der Waals surface area contributed by atoms with Crippen molar-refractivity contribution in [3.63, 3.8) is 0 Å². The topological polar surface area (TPSA) is 49.8 Å². The number of anilines is 2. The normalized spacial score (nSPS) is 14.5. The number of rotatable bonds is 2. The Balaban J connectivity index is 1.93. The van der Waals surface area contributed by atoms with Gasteiger partial charge in [-0.05, 0) is 41.0 Å². The largest absolute Gasteiger partial charge is 0.323 e. The number of para-hydroxylation sites is 1. The molecule has 4 nitrogen and oxygen atoms in total. The third-order valence-corrected chi connectivity index (χ3v) is 4.26. The highest BCUT2D eigenvalue weighted by Gasteiger charge is 2.15. The van der Waals surface area contributed by atoms with Crippen molar-refractivity contribution in [3.8, 4) is 0 Å². The van der Waals surface area contributed by atoms with Crippen LogP contribution >= 0.6 is 27.5 Å². The summed E-state index contributed by atoms with van der Waals surface area (Å²) in [6.45, 7) is 1.85. The Labute approximate surface area is 131 Å². The van der Waals surface area contributed by atoms with Crippen LogP contribution in [0.2, 0.25) is 5.15 Å². The minimum atomic E-state index is 0.544. The predicted molar refractivity (Wildman–Crippen MR) is 84.7 cm³/mol. The number of benzene rings is 1. The SMILES string of the molecule is Clc1nc(Nc2ccccc2Br)nc2c1CCNCC2. The Morgan fingerprint density at radius 3 is 2.80 bits per heavy atom. The molecule has 2 aromatic rings. The van der Waals surface area contributed by atoms with Crippen LogP contribution in [0.3, 0.4) is 0 Å². The van der Waals surface area contributed by atoms with E-state index < -0.39 is 0 Å². The van der Waals surface area contributed by atoms with Gasteiger partial charge in [-0.1, -0.05) is 23.7 Å². The molecule has 6 heteroatoms. The summed E-state index contributed by atoms with van der Waals surface area (Å²) in [5.41, 5.74) is 3.02. The first-order valence-corrected chi connectivity index (χ1v) is 7.68. The van der Waals surface area contributed by atoms with E-state index in [4.69, 9.17) is 11.6 Å². The van der Waals surface area contributed by atoms with Gasteiger partial charge in [-0.15, -0.1) is 0 Å². The standard InChI is InChI=1S/C14H14BrClN4/c15-10-3-1-2-4-12(10)19-14-18-11-6-8-17-7-5-9(11)13(16)20-14/h1-4,17H,5-8H2,(H,18,19,20). The molecule has 0 radical (unpaired) electrons. The average molecular weight is 354 g/mol. The lowest BCUT2D eigenvalue weighted by molar-refractivity contribution is 0.708. The van der Waals surface area contributed by atoms with E-state index >= 15 is 0 Å². The number of aromatic nitrogens is 2. The van der Waals surface area contributed by atoms with Gasteiger partial charge < -0.3 is 10.6 Å². The van der Waals surface area contributed by atoms with E-state index in [0.717, 1.165) is 47.3 Å². The van der Waals surface area contributed by atoms with Gasteiger partial charge in [0.25, 0.3) is 0 Å². The average Bonchev–Trinajstić information content (AvgIpc) is 2.67. The molecule has 0 fully saturated rings. The molecule has 0 unspecified atom stereocenters. The summed E-state index contributed by atoms with van der Waals surface area (Å²) in [6.07, 6.45) is 1.76. The maximum Gasteiger partial charge on any atom is 0.228 e. The summed E-state index contributed by atoms with van der Waals surface area (Å²) in [6, 6.07) is 7.86. The Morgan fingerprint density at radius 2 is 1.95 bits per heavy atom. The van der Waals surface area contributed by atoms with Crippen molar-refractivity contribution < 1.29 is 0 Å². The maximum absolute atomic E-state index is 6.30. The molecule has 0 aliphatic carbocycles. The molecule has 0 spiro atoms. The summed E-state index contributed by atoms with van der Waals surface area (Å²) in [4.78, 5) is 8.96. The van der Waals surface area contributed by atoms with Gasteiger partial charge in [0, 0.05) is 23.0 Å². The zero-order valence-electron chi connectivity index (χ0n) is 10.8. The number of fused-ring (bicyclic) bond motifs is 1. The van der Waals surface area contributed by atoms with Gasteiger partial charge in [0.2, 0.25) is 5.95 Å². The molecule has 1 aromatic carbocycles. The molecule has 3 rings (SSSR count). The summed E-state index contributed by atoms with van der Waals surface area (Å²) >= 11 is 9.79. The van der Waals surface area contributed by atoms with Crippen LogP contribution in [0, 0.1) is 0 Å². The minimum Gasteiger partial charge on any atom is -0.323 e. The van der Waals surface area contributed by atoms with Gasteiger partial charge in [0.15, 0.2) is 0 Å². The first-order chi connectivity index (χ1) is 9.74. The second kappa shape index (κ2) is 6.08. The summed E-state index contributed by atoms with van der Waals surface area (Å²) in [7, 11) is 0. The number of halogens is 2. The molecule has 1 aromatic heterocycles. The van der Waals surface area contributed by atoms with E-state index in [1.54, 1.807) is 0 Å². The third-order valence-electron chi connectivity index (χ3n) is 3.25. The Kier molecular flexibility index (Phi) is 4.19. The van der Waals surface area contributed by atoms with E-state index in [-0.39, 0.29) is 0 Å². The van der Waals surface area contributed by atoms with E-state index in [0.29, 0.717) is 11.1 Å². The van der Waals surface area contributed by atoms with E-state index in [2.05, 4.69) is 36.5 Å². The molecule has 1 aliphatic heterocycles. The molecule has 1 aliphatic rings. The van der Waals surface area contributed by atoms with Gasteiger partial charge in [-0.25, -0.2) is 9.97 Å². The predicted octanol–water partition coefficient (Wildman–Crippen LogP) is 3.32. The molecule has 20 heavy (non-hydrogen) atoms. The van der Waals surface area contributed by atoms with Crippen LogP contribution in [-0.4, -0.2) is 23.1 Å². The van der Waals surface area contributed by atoms with Crippen molar-refractivity contribution >= 4 is 39.2 Å². The highest BCUT2D eigenvalue weighted by atomic mass is 79.9. The zero-order valence-corrected chi connectivity index (χ0v) is 13.1. The second-order valence-corrected chi connectivity index (χ2v) is 5.83. The van der Waals surface area contributed by atoms with Crippen LogP contribution in [0.5, 0.6) is 0 Å². The van der Waals surface area contributed by atoms with Crippen molar-refractivity contribution in [3.05, 3.63) is 45.1 Å². The van der Waals surface area contributed by atoms with Crippen molar-refractivity contribution in [2.24, 2.45) is 0 Å². The van der Waals surface area contributed by atoms with Gasteiger partial charge in [0.1, 0.15) is 5.15 Å². The Hall–Kier alpha value is -1.17. The van der Waals surface area contributed by atoms with E-state index in [1.165, 1.54) is 0 Å². The fraction of sp³-hybridized carbons (Fsp3) is 0.286. The number of nitrogens with one attached hydrogen (secondary N) is 2. The van der Waals surface area contributed by atoms with E-state index in [9.17, 15) is 0 Å². The summed E-state index contributed by atoms with van der Waals surface area (Å²) in [5, 5.41) is 7.10. The molecule has 0 atom stereocenters. The van der Waals surface area contributed by atoms with Crippen LogP contribution in [0.1, 0.15) is 11.3 Å². The third kappa shape index (κ3) is 2.95. The first-order valence-electron chi connectivity index (χ1n) is 6.51. The number of nitrogens with zero attached hydrogens (tertiary/aromatic N) is 2. The van der Waals surface area contributed by atoms with Gasteiger partial charge >= 0.3 is 0 Å². The van der Waals surface area contributed by atoms with Crippen LogP contribution in [0.4, 0.5) is 11.6 Å². The highest BCUT2D eigenvalue weighted by molar-refractivity contribution is 9.10. The van der Waals surface area contributed by atoms with Crippen molar-refractivity contribution in [2.75, 3.05) is 18.4 Å². The van der Waals surface area contributed by atoms with Crippen LogP contribution in [-0.2, 0) is 12.8 Å². The molecular formula is C14H14BrClN4. The summed E-state index contributed by atoms with van der Waals surface area (Å²) in [5.74, 6) is 0.544. The quantitative estimate of drug-likeness (QED) is 0.813. The van der Waals surface area contributed by atoms with Gasteiger partial charge in [-0.2, -0.15) is 0 Å². The van der Waals surface area contributed by atoms with Crippen molar-refractivity contribution in [1.82, 2.24) is 15.3 Å². The fourth-order valence-electron chi connectivity index (χ4n) is 2.24. The lowest BCUT2D eigenvalue weighted by atomic mass is 10.1. The first kappa shape index (κ1) is 13.8. The van der Waals surface area contributed by atoms with Crippen LogP contribution in [0.15, 0.2) is 28.7 Å². The second-order valence-electron chi connectivity index (χ2n) is 4.62. The van der Waals surface area contributed by atoms with Crippen molar-refractivity contribution in [1.29, 1.82) is 0 Å². The monoisotopic (exact) mass is 352 g/mol. The molecule has 0 amide bonds. The Morgan fingerprint density at radius 1 is 1.15 bits per heavy atom. The van der Waals surface area contributed by atoms with Crippen molar-refractivity contribution in [2.45, 2.75) is 12.8 Å². The van der Waals surface area contributed by atoms with Crippen LogP contribution < -0.4 is 10.6 Å². The lowest BCUT2D eigenvalue weighted by Crippen LogP contribution is -2.16. The molecule has 0 bridgehead atoms. The highest BCUT2D eigenvalue weighted by Crippen LogP contribution is 2.26. The molecule has 0 saturated heterocycles. The smallest absolute Gasteiger partial charge is 0.228 e. The molecule has 0 saturated carbocycles.